The molecule has 5 heteroatoms. The van der Waals surface area contributed by atoms with Crippen LogP contribution in [0.1, 0.15) is 13.3 Å². The van der Waals surface area contributed by atoms with Crippen LogP contribution < -0.4 is 0 Å². The van der Waals surface area contributed by atoms with Crippen LogP contribution in [0, 0.1) is 0 Å². The fourth-order valence-corrected chi connectivity index (χ4v) is 1.92. The highest BCUT2D eigenvalue weighted by Gasteiger charge is 2.07. The summed E-state index contributed by atoms with van der Waals surface area (Å²) in [4.78, 5) is 13.3. The van der Waals surface area contributed by atoms with Gasteiger partial charge in [-0.2, -0.15) is 11.8 Å². The Morgan fingerprint density at radius 1 is 1.25 bits per heavy atom. The van der Waals surface area contributed by atoms with Crippen molar-refractivity contribution in [1.82, 2.24) is 4.90 Å². The number of methoxy groups -OCH3 is 2. The molecular weight excluding hydrogens is 226 g/mol. The molecule has 16 heavy (non-hydrogen) atoms. The van der Waals surface area contributed by atoms with Crippen LogP contribution >= 0.6 is 11.8 Å². The number of esters is 1. The minimum absolute atomic E-state index is 0.148. The molecule has 0 aliphatic rings. The summed E-state index contributed by atoms with van der Waals surface area (Å²) in [5.41, 5.74) is 0. The summed E-state index contributed by atoms with van der Waals surface area (Å²) >= 11 is 1.91. The molecule has 0 atom stereocenters. The van der Waals surface area contributed by atoms with Gasteiger partial charge < -0.3 is 9.47 Å². The van der Waals surface area contributed by atoms with Crippen molar-refractivity contribution in [2.24, 2.45) is 0 Å². The van der Waals surface area contributed by atoms with E-state index in [-0.39, 0.29) is 5.97 Å². The van der Waals surface area contributed by atoms with Crippen molar-refractivity contribution in [2.75, 3.05) is 52.0 Å². The Morgan fingerprint density at radius 2 is 2.00 bits per heavy atom. The lowest BCUT2D eigenvalue weighted by molar-refractivity contribution is -0.141. The van der Waals surface area contributed by atoms with E-state index in [9.17, 15) is 4.79 Å². The summed E-state index contributed by atoms with van der Waals surface area (Å²) < 4.78 is 9.68. The first-order valence-electron chi connectivity index (χ1n) is 5.60. The van der Waals surface area contributed by atoms with Crippen molar-refractivity contribution < 1.29 is 14.3 Å². The zero-order valence-electron chi connectivity index (χ0n) is 10.5. The third kappa shape index (κ3) is 9.00. The lowest BCUT2D eigenvalue weighted by atomic mass is 10.3. The molecule has 0 spiro atoms. The van der Waals surface area contributed by atoms with Crippen LogP contribution in [0.15, 0.2) is 0 Å². The molecule has 0 aromatic carbocycles. The molecule has 0 aliphatic carbocycles. The van der Waals surface area contributed by atoms with Crippen LogP contribution in [0.25, 0.3) is 0 Å². The van der Waals surface area contributed by atoms with E-state index in [0.29, 0.717) is 13.0 Å². The van der Waals surface area contributed by atoms with Gasteiger partial charge in [0.25, 0.3) is 0 Å². The number of hydrogen-bond acceptors (Lipinski definition) is 5. The van der Waals surface area contributed by atoms with E-state index in [2.05, 4.69) is 16.6 Å². The zero-order chi connectivity index (χ0) is 12.2. The highest BCUT2D eigenvalue weighted by Crippen LogP contribution is 2.01. The van der Waals surface area contributed by atoms with E-state index in [1.807, 2.05) is 11.8 Å². The smallest absolute Gasteiger partial charge is 0.306 e. The highest BCUT2D eigenvalue weighted by molar-refractivity contribution is 7.99. The van der Waals surface area contributed by atoms with E-state index in [4.69, 9.17) is 4.74 Å². The van der Waals surface area contributed by atoms with Gasteiger partial charge in [-0.05, 0) is 5.75 Å². The molecule has 0 saturated heterocycles. The molecule has 0 aromatic rings. The van der Waals surface area contributed by atoms with Gasteiger partial charge in [-0.3, -0.25) is 9.69 Å². The van der Waals surface area contributed by atoms with E-state index in [0.717, 1.165) is 31.1 Å². The Kier molecular flexibility index (Phi) is 11.0. The van der Waals surface area contributed by atoms with Crippen molar-refractivity contribution in [2.45, 2.75) is 13.3 Å². The van der Waals surface area contributed by atoms with E-state index in [1.54, 1.807) is 7.11 Å². The Bertz CT molecular complexity index is 179. The second-order valence-corrected chi connectivity index (χ2v) is 4.75. The van der Waals surface area contributed by atoms with E-state index in [1.165, 1.54) is 7.11 Å². The number of hydrogen-bond donors (Lipinski definition) is 0. The van der Waals surface area contributed by atoms with Gasteiger partial charge in [0.2, 0.25) is 0 Å². The first-order chi connectivity index (χ1) is 7.74. The zero-order valence-corrected chi connectivity index (χ0v) is 11.3. The molecule has 4 nitrogen and oxygen atoms in total. The molecule has 0 amide bonds. The van der Waals surface area contributed by atoms with Crippen molar-refractivity contribution in [1.29, 1.82) is 0 Å². The molecule has 0 fully saturated rings. The molecule has 0 saturated carbocycles. The van der Waals surface area contributed by atoms with E-state index >= 15 is 0 Å². The van der Waals surface area contributed by atoms with E-state index < -0.39 is 0 Å². The molecule has 0 unspecified atom stereocenters. The summed E-state index contributed by atoms with van der Waals surface area (Å²) in [7, 11) is 3.12. The van der Waals surface area contributed by atoms with Crippen LogP contribution in [0.2, 0.25) is 0 Å². The van der Waals surface area contributed by atoms with Crippen LogP contribution in [0.5, 0.6) is 0 Å². The van der Waals surface area contributed by atoms with Gasteiger partial charge in [-0.1, -0.05) is 6.92 Å². The van der Waals surface area contributed by atoms with Crippen molar-refractivity contribution in [3.63, 3.8) is 0 Å². The van der Waals surface area contributed by atoms with Crippen LogP contribution in [0.4, 0.5) is 0 Å². The average molecular weight is 249 g/mol. The average Bonchev–Trinajstić information content (AvgIpc) is 2.31. The van der Waals surface area contributed by atoms with Gasteiger partial charge in [0, 0.05) is 32.5 Å². The first-order valence-corrected chi connectivity index (χ1v) is 6.75. The second kappa shape index (κ2) is 11.2. The van der Waals surface area contributed by atoms with Gasteiger partial charge in [-0.25, -0.2) is 0 Å². The molecule has 96 valence electrons. The minimum Gasteiger partial charge on any atom is -0.469 e. The standard InChI is InChI=1S/C11H23NO3S/c1-4-16-10-8-12(7-9-14-2)6-5-11(13)15-3/h4-10H2,1-3H3. The molecule has 0 aromatic heterocycles. The van der Waals surface area contributed by atoms with Crippen LogP contribution in [-0.2, 0) is 14.3 Å². The summed E-state index contributed by atoms with van der Waals surface area (Å²) in [6, 6.07) is 0. The Morgan fingerprint density at radius 3 is 2.56 bits per heavy atom. The molecule has 0 heterocycles. The Balaban J connectivity index is 3.75. The van der Waals surface area contributed by atoms with Crippen LogP contribution in [-0.4, -0.2) is 62.8 Å². The number of rotatable bonds is 10. The maximum Gasteiger partial charge on any atom is 0.306 e. The quantitative estimate of drug-likeness (QED) is 0.430. The summed E-state index contributed by atoms with van der Waals surface area (Å²) in [5.74, 6) is 2.09. The lowest BCUT2D eigenvalue weighted by Gasteiger charge is -2.20. The topological polar surface area (TPSA) is 38.8 Å². The predicted molar refractivity (Wildman–Crippen MR) is 67.9 cm³/mol. The number of carbonyl (C=O) groups is 1. The second-order valence-electron chi connectivity index (χ2n) is 3.36. The lowest BCUT2D eigenvalue weighted by Crippen LogP contribution is -2.32. The predicted octanol–water partition coefficient (Wildman–Crippen LogP) is 1.25. The SMILES string of the molecule is CCSCCN(CCOC)CCC(=O)OC. The highest BCUT2D eigenvalue weighted by atomic mass is 32.2. The third-order valence-electron chi connectivity index (χ3n) is 2.23. The number of ether oxygens (including phenoxy) is 2. The summed E-state index contributed by atoms with van der Waals surface area (Å²) in [6.07, 6.45) is 0.455. The molecule has 0 rings (SSSR count). The van der Waals surface area contributed by atoms with Gasteiger partial charge in [0.05, 0.1) is 20.1 Å². The van der Waals surface area contributed by atoms with Gasteiger partial charge >= 0.3 is 5.97 Å². The third-order valence-corrected chi connectivity index (χ3v) is 3.11. The molecule has 0 N–H and O–H groups in total. The van der Waals surface area contributed by atoms with Crippen LogP contribution in [0.3, 0.4) is 0 Å². The fraction of sp³-hybridized carbons (Fsp3) is 0.909. The molecule has 0 aliphatic heterocycles. The number of nitrogens with zero attached hydrogens (tertiary/aromatic N) is 1. The normalized spacial score (nSPS) is 10.8. The van der Waals surface area contributed by atoms with Gasteiger partial charge in [-0.15, -0.1) is 0 Å². The van der Waals surface area contributed by atoms with Crippen molar-refractivity contribution in [3.8, 4) is 0 Å². The maximum atomic E-state index is 11.0. The minimum atomic E-state index is -0.148. The molecule has 0 bridgehead atoms. The maximum absolute atomic E-state index is 11.0. The Labute approximate surface area is 103 Å². The van der Waals surface area contributed by atoms with Crippen molar-refractivity contribution in [3.05, 3.63) is 0 Å². The number of carbonyl (C=O) groups excluding carboxylic acids is 1. The van der Waals surface area contributed by atoms with Gasteiger partial charge in [0.1, 0.15) is 0 Å². The largest absolute Gasteiger partial charge is 0.469 e. The number of thioether (sulfide) groups is 1. The molecule has 0 radical (unpaired) electrons. The molecular formula is C11H23NO3S. The van der Waals surface area contributed by atoms with Gasteiger partial charge in [0.15, 0.2) is 0 Å². The summed E-state index contributed by atoms with van der Waals surface area (Å²) in [5, 5.41) is 0. The summed E-state index contributed by atoms with van der Waals surface area (Å²) in [6.45, 7) is 5.48. The van der Waals surface area contributed by atoms with Crippen molar-refractivity contribution >= 4 is 17.7 Å². The first kappa shape index (κ1) is 15.7. The fourth-order valence-electron chi connectivity index (χ4n) is 1.25. The monoisotopic (exact) mass is 249 g/mol. The Hall–Kier alpha value is -0.260.